The molecule has 0 aromatic heterocycles. The van der Waals surface area contributed by atoms with Crippen LogP contribution in [0.15, 0.2) is 48.5 Å². The Balaban J connectivity index is 1.75. The summed E-state index contributed by atoms with van der Waals surface area (Å²) >= 11 is 0. The maximum absolute atomic E-state index is 13.4. The van der Waals surface area contributed by atoms with Gasteiger partial charge in [-0.3, -0.25) is 4.79 Å². The second-order valence-corrected chi connectivity index (χ2v) is 6.86. The number of hydrogen-bond acceptors (Lipinski definition) is 2. The molecule has 2 aromatic rings. The van der Waals surface area contributed by atoms with Crippen LogP contribution in [-0.4, -0.2) is 42.4 Å². The molecule has 2 aromatic carbocycles. The minimum absolute atomic E-state index is 0.0526. The van der Waals surface area contributed by atoms with Crippen molar-refractivity contribution in [1.29, 1.82) is 0 Å². The zero-order chi connectivity index (χ0) is 18.5. The lowest BCUT2D eigenvalue weighted by molar-refractivity contribution is -0.131. The topological polar surface area (TPSA) is 23.6 Å². The second-order valence-electron chi connectivity index (χ2n) is 6.86. The fraction of sp³-hybridized carbons (Fsp3) is 0.381. The van der Waals surface area contributed by atoms with Gasteiger partial charge in [0.1, 0.15) is 0 Å². The lowest BCUT2D eigenvalue weighted by Gasteiger charge is -2.32. The third kappa shape index (κ3) is 4.47. The Labute approximate surface area is 153 Å². The summed E-state index contributed by atoms with van der Waals surface area (Å²) in [7, 11) is 1.79. The van der Waals surface area contributed by atoms with Crippen molar-refractivity contribution in [3.8, 4) is 0 Å². The zero-order valence-corrected chi connectivity index (χ0v) is 15.0. The van der Waals surface area contributed by atoms with Crippen molar-refractivity contribution in [1.82, 2.24) is 9.80 Å². The van der Waals surface area contributed by atoms with Gasteiger partial charge in [0.05, 0.1) is 12.5 Å². The standard InChI is InChI=1S/C21H24F2N2O/c1-24(21(26)14-16-9-10-18(22)19(23)13-16)20(15-25-11-5-6-12-25)17-7-3-2-4-8-17/h2-4,7-10,13,20H,5-6,11-12,14-15H2,1H3/t20-/m1/s1. The van der Waals surface area contributed by atoms with Crippen molar-refractivity contribution in [2.75, 3.05) is 26.7 Å². The molecule has 1 heterocycles. The zero-order valence-electron chi connectivity index (χ0n) is 15.0. The summed E-state index contributed by atoms with van der Waals surface area (Å²) in [5, 5.41) is 0. The molecule has 26 heavy (non-hydrogen) atoms. The van der Waals surface area contributed by atoms with Gasteiger partial charge in [-0.2, -0.15) is 0 Å². The molecule has 1 aliphatic rings. The molecule has 5 heteroatoms. The first-order valence-electron chi connectivity index (χ1n) is 9.01. The lowest BCUT2D eigenvalue weighted by Crippen LogP contribution is -2.39. The van der Waals surface area contributed by atoms with E-state index in [9.17, 15) is 13.6 Å². The van der Waals surface area contributed by atoms with Crippen LogP contribution in [0.25, 0.3) is 0 Å². The molecular formula is C21H24F2N2O. The SMILES string of the molecule is CN(C(=O)Cc1ccc(F)c(F)c1)[C@H](CN1CCCC1)c1ccccc1. The third-order valence-electron chi connectivity index (χ3n) is 5.01. The molecule has 0 N–H and O–H groups in total. The average molecular weight is 358 g/mol. The first-order chi connectivity index (χ1) is 12.5. The van der Waals surface area contributed by atoms with Crippen molar-refractivity contribution in [2.45, 2.75) is 25.3 Å². The Bertz CT molecular complexity index is 745. The summed E-state index contributed by atoms with van der Waals surface area (Å²) < 4.78 is 26.5. The Hall–Kier alpha value is -2.27. The number of halogens is 2. The van der Waals surface area contributed by atoms with Gasteiger partial charge in [-0.05, 0) is 49.2 Å². The van der Waals surface area contributed by atoms with E-state index in [0.29, 0.717) is 5.56 Å². The largest absolute Gasteiger partial charge is 0.337 e. The number of rotatable bonds is 6. The first-order valence-corrected chi connectivity index (χ1v) is 9.01. The molecular weight excluding hydrogens is 334 g/mol. The Morgan fingerprint density at radius 1 is 1.08 bits per heavy atom. The molecule has 1 fully saturated rings. The quantitative estimate of drug-likeness (QED) is 0.784. The molecule has 0 aliphatic carbocycles. The van der Waals surface area contributed by atoms with Gasteiger partial charge in [-0.1, -0.05) is 36.4 Å². The van der Waals surface area contributed by atoms with E-state index in [1.54, 1.807) is 11.9 Å². The highest BCUT2D eigenvalue weighted by atomic mass is 19.2. The van der Waals surface area contributed by atoms with Crippen molar-refractivity contribution in [2.24, 2.45) is 0 Å². The highest BCUT2D eigenvalue weighted by molar-refractivity contribution is 5.79. The fourth-order valence-electron chi connectivity index (χ4n) is 3.46. The van der Waals surface area contributed by atoms with E-state index < -0.39 is 11.6 Å². The number of hydrogen-bond donors (Lipinski definition) is 0. The van der Waals surface area contributed by atoms with Gasteiger partial charge in [0.25, 0.3) is 0 Å². The highest BCUT2D eigenvalue weighted by Gasteiger charge is 2.25. The van der Waals surface area contributed by atoms with Gasteiger partial charge < -0.3 is 9.80 Å². The smallest absolute Gasteiger partial charge is 0.227 e. The predicted molar refractivity (Wildman–Crippen MR) is 97.7 cm³/mol. The van der Waals surface area contributed by atoms with E-state index in [1.165, 1.54) is 18.9 Å². The molecule has 138 valence electrons. The summed E-state index contributed by atoms with van der Waals surface area (Å²) in [6.07, 6.45) is 2.43. The van der Waals surface area contributed by atoms with Gasteiger partial charge in [-0.25, -0.2) is 8.78 Å². The molecule has 0 radical (unpaired) electrons. The summed E-state index contributed by atoms with van der Waals surface area (Å²) in [5.41, 5.74) is 1.56. The predicted octanol–water partition coefficient (Wildman–Crippen LogP) is 3.80. The van der Waals surface area contributed by atoms with Crippen LogP contribution in [0.5, 0.6) is 0 Å². The molecule has 1 atom stereocenters. The van der Waals surface area contributed by atoms with Crippen molar-refractivity contribution in [3.63, 3.8) is 0 Å². The van der Waals surface area contributed by atoms with E-state index in [4.69, 9.17) is 0 Å². The van der Waals surface area contributed by atoms with Crippen LogP contribution in [0.3, 0.4) is 0 Å². The number of benzene rings is 2. The summed E-state index contributed by atoms with van der Waals surface area (Å²) in [6, 6.07) is 13.5. The summed E-state index contributed by atoms with van der Waals surface area (Å²) in [5.74, 6) is -1.93. The van der Waals surface area contributed by atoms with E-state index in [0.717, 1.165) is 37.3 Å². The maximum atomic E-state index is 13.4. The number of carbonyl (C=O) groups excluding carboxylic acids is 1. The molecule has 0 spiro atoms. The lowest BCUT2D eigenvalue weighted by atomic mass is 10.0. The molecule has 3 rings (SSSR count). The number of carbonyl (C=O) groups is 1. The first kappa shape index (κ1) is 18.5. The van der Waals surface area contributed by atoms with Crippen molar-refractivity contribution >= 4 is 5.91 Å². The van der Waals surface area contributed by atoms with Crippen LogP contribution in [0.1, 0.15) is 30.0 Å². The number of nitrogens with zero attached hydrogens (tertiary/aromatic N) is 2. The van der Waals surface area contributed by atoms with Crippen LogP contribution in [-0.2, 0) is 11.2 Å². The minimum Gasteiger partial charge on any atom is -0.337 e. The molecule has 0 unspecified atom stereocenters. The molecule has 1 aliphatic heterocycles. The van der Waals surface area contributed by atoms with Crippen molar-refractivity contribution in [3.05, 3.63) is 71.3 Å². The van der Waals surface area contributed by atoms with Gasteiger partial charge in [0.15, 0.2) is 11.6 Å². The summed E-state index contributed by atoms with van der Waals surface area (Å²) in [4.78, 5) is 16.9. The van der Waals surface area contributed by atoms with E-state index >= 15 is 0 Å². The van der Waals surface area contributed by atoms with Crippen LogP contribution in [0.4, 0.5) is 8.78 Å². The van der Waals surface area contributed by atoms with Crippen molar-refractivity contribution < 1.29 is 13.6 Å². The highest BCUT2D eigenvalue weighted by Crippen LogP contribution is 2.24. The monoisotopic (exact) mass is 358 g/mol. The number of likely N-dealkylation sites (tertiary alicyclic amines) is 1. The van der Waals surface area contributed by atoms with Gasteiger partial charge in [0, 0.05) is 13.6 Å². The van der Waals surface area contributed by atoms with Crippen LogP contribution in [0.2, 0.25) is 0 Å². The third-order valence-corrected chi connectivity index (χ3v) is 5.01. The number of likely N-dealkylation sites (N-methyl/N-ethyl adjacent to an activating group) is 1. The normalized spacial score (nSPS) is 15.8. The average Bonchev–Trinajstić information content (AvgIpc) is 3.16. The van der Waals surface area contributed by atoms with Gasteiger partial charge in [-0.15, -0.1) is 0 Å². The second kappa shape index (κ2) is 8.41. The Morgan fingerprint density at radius 2 is 1.77 bits per heavy atom. The Morgan fingerprint density at radius 3 is 2.42 bits per heavy atom. The van der Waals surface area contributed by atoms with Gasteiger partial charge in [0.2, 0.25) is 5.91 Å². The van der Waals surface area contributed by atoms with E-state index in [-0.39, 0.29) is 18.4 Å². The van der Waals surface area contributed by atoms with Crippen LogP contribution < -0.4 is 0 Å². The van der Waals surface area contributed by atoms with E-state index in [1.807, 2.05) is 30.3 Å². The molecule has 1 amide bonds. The summed E-state index contributed by atoms with van der Waals surface area (Å²) in [6.45, 7) is 2.88. The molecule has 0 saturated carbocycles. The molecule has 3 nitrogen and oxygen atoms in total. The minimum atomic E-state index is -0.922. The fourth-order valence-corrected chi connectivity index (χ4v) is 3.46. The van der Waals surface area contributed by atoms with Crippen LogP contribution in [0, 0.1) is 11.6 Å². The van der Waals surface area contributed by atoms with E-state index in [2.05, 4.69) is 4.90 Å². The van der Waals surface area contributed by atoms with Gasteiger partial charge >= 0.3 is 0 Å². The molecule has 0 bridgehead atoms. The van der Waals surface area contributed by atoms with Crippen LogP contribution >= 0.6 is 0 Å². The maximum Gasteiger partial charge on any atom is 0.227 e. The Kier molecular flexibility index (Phi) is 5.99. The number of amides is 1. The molecule has 1 saturated heterocycles.